The van der Waals surface area contributed by atoms with Crippen molar-refractivity contribution in [2.24, 2.45) is 0 Å². The highest BCUT2D eigenvalue weighted by atomic mass is 16.2. The fourth-order valence-electron chi connectivity index (χ4n) is 2.33. The Bertz CT molecular complexity index is 489. The van der Waals surface area contributed by atoms with Gasteiger partial charge in [-0.05, 0) is 31.4 Å². The molecule has 0 atom stereocenters. The van der Waals surface area contributed by atoms with Crippen molar-refractivity contribution in [3.05, 3.63) is 29.3 Å². The number of benzene rings is 1. The third-order valence-electron chi connectivity index (χ3n) is 3.11. The summed E-state index contributed by atoms with van der Waals surface area (Å²) in [7, 11) is 0. The van der Waals surface area contributed by atoms with Gasteiger partial charge in [-0.25, -0.2) is 0 Å². The normalized spacial score (nSPS) is 15.1. The average Bonchev–Trinajstić information content (AvgIpc) is 2.51. The van der Waals surface area contributed by atoms with E-state index in [1.807, 2.05) is 45.9 Å². The van der Waals surface area contributed by atoms with Crippen molar-refractivity contribution in [1.29, 1.82) is 0 Å². The van der Waals surface area contributed by atoms with Gasteiger partial charge in [0.25, 0.3) is 11.7 Å². The SMILES string of the molecule is CC(C)c1cccc2c1C(=O)C(=O)N2C(C)C. The van der Waals surface area contributed by atoms with E-state index in [1.165, 1.54) is 0 Å². The number of fused-ring (bicyclic) bond motifs is 1. The summed E-state index contributed by atoms with van der Waals surface area (Å²) in [6.07, 6.45) is 0. The highest BCUT2D eigenvalue weighted by Crippen LogP contribution is 2.35. The van der Waals surface area contributed by atoms with Crippen molar-refractivity contribution in [2.45, 2.75) is 39.7 Å². The molecule has 1 aliphatic rings. The van der Waals surface area contributed by atoms with E-state index in [9.17, 15) is 9.59 Å². The van der Waals surface area contributed by atoms with Crippen molar-refractivity contribution in [3.63, 3.8) is 0 Å². The second-order valence-corrected chi connectivity index (χ2v) is 4.99. The summed E-state index contributed by atoms with van der Waals surface area (Å²) in [6.45, 7) is 7.90. The molecule has 2 rings (SSSR count). The molecule has 0 unspecified atom stereocenters. The number of carbonyl (C=O) groups is 2. The second-order valence-electron chi connectivity index (χ2n) is 4.99. The minimum atomic E-state index is -0.400. The van der Waals surface area contributed by atoms with Gasteiger partial charge in [0.05, 0.1) is 11.3 Å². The minimum absolute atomic E-state index is 0.00936. The van der Waals surface area contributed by atoms with Gasteiger partial charge in [0, 0.05) is 6.04 Å². The molecule has 0 saturated carbocycles. The monoisotopic (exact) mass is 231 g/mol. The zero-order valence-corrected chi connectivity index (χ0v) is 10.7. The van der Waals surface area contributed by atoms with Crippen LogP contribution in [0.5, 0.6) is 0 Å². The average molecular weight is 231 g/mol. The minimum Gasteiger partial charge on any atom is -0.302 e. The lowest BCUT2D eigenvalue weighted by Crippen LogP contribution is -2.35. The molecule has 0 spiro atoms. The third-order valence-corrected chi connectivity index (χ3v) is 3.11. The summed E-state index contributed by atoms with van der Waals surface area (Å²) < 4.78 is 0. The first kappa shape index (κ1) is 11.8. The van der Waals surface area contributed by atoms with Crippen LogP contribution in [0.25, 0.3) is 0 Å². The van der Waals surface area contributed by atoms with Gasteiger partial charge in [0.2, 0.25) is 0 Å². The van der Waals surface area contributed by atoms with Gasteiger partial charge in [0.1, 0.15) is 0 Å². The molecule has 3 heteroatoms. The summed E-state index contributed by atoms with van der Waals surface area (Å²) >= 11 is 0. The molecule has 1 aliphatic heterocycles. The zero-order chi connectivity index (χ0) is 12.7. The Balaban J connectivity index is 2.66. The number of ketones is 1. The number of nitrogens with zero attached hydrogens (tertiary/aromatic N) is 1. The topological polar surface area (TPSA) is 37.4 Å². The molecule has 17 heavy (non-hydrogen) atoms. The number of anilines is 1. The molecule has 0 fully saturated rings. The molecule has 1 aromatic rings. The maximum absolute atomic E-state index is 12.0. The highest BCUT2D eigenvalue weighted by Gasteiger charge is 2.38. The summed E-state index contributed by atoms with van der Waals surface area (Å²) in [5.41, 5.74) is 2.33. The molecular formula is C14H17NO2. The van der Waals surface area contributed by atoms with Crippen LogP contribution in [0.3, 0.4) is 0 Å². The third kappa shape index (κ3) is 1.66. The number of carbonyl (C=O) groups excluding carboxylic acids is 2. The first-order valence-corrected chi connectivity index (χ1v) is 5.96. The van der Waals surface area contributed by atoms with E-state index < -0.39 is 5.91 Å². The first-order valence-electron chi connectivity index (χ1n) is 5.96. The van der Waals surface area contributed by atoms with Crippen LogP contribution in [0.2, 0.25) is 0 Å². The predicted octanol–water partition coefficient (Wildman–Crippen LogP) is 2.75. The van der Waals surface area contributed by atoms with Gasteiger partial charge in [0.15, 0.2) is 0 Å². The van der Waals surface area contributed by atoms with E-state index in [4.69, 9.17) is 0 Å². The van der Waals surface area contributed by atoms with Crippen LogP contribution in [-0.4, -0.2) is 17.7 Å². The predicted molar refractivity (Wildman–Crippen MR) is 67.5 cm³/mol. The quantitative estimate of drug-likeness (QED) is 0.734. The molecule has 1 aromatic carbocycles. The Kier molecular flexibility index (Phi) is 2.77. The maximum Gasteiger partial charge on any atom is 0.299 e. The number of hydrogen-bond acceptors (Lipinski definition) is 2. The Morgan fingerprint density at radius 3 is 2.24 bits per heavy atom. The van der Waals surface area contributed by atoms with Crippen molar-refractivity contribution in [1.82, 2.24) is 0 Å². The Morgan fingerprint density at radius 1 is 1.06 bits per heavy atom. The van der Waals surface area contributed by atoms with Crippen molar-refractivity contribution < 1.29 is 9.59 Å². The first-order chi connectivity index (χ1) is 7.95. The zero-order valence-electron chi connectivity index (χ0n) is 10.7. The molecule has 1 heterocycles. The molecule has 3 nitrogen and oxygen atoms in total. The molecule has 0 aliphatic carbocycles. The van der Waals surface area contributed by atoms with Gasteiger partial charge in [-0.3, -0.25) is 9.59 Å². The molecule has 90 valence electrons. The van der Waals surface area contributed by atoms with E-state index in [2.05, 4.69) is 0 Å². The fourth-order valence-corrected chi connectivity index (χ4v) is 2.33. The van der Waals surface area contributed by atoms with E-state index in [0.717, 1.165) is 11.3 Å². The summed E-state index contributed by atoms with van der Waals surface area (Å²) in [6, 6.07) is 5.70. The van der Waals surface area contributed by atoms with Crippen LogP contribution < -0.4 is 4.90 Å². The van der Waals surface area contributed by atoms with E-state index in [-0.39, 0.29) is 17.7 Å². The van der Waals surface area contributed by atoms with Crippen LogP contribution in [0.4, 0.5) is 5.69 Å². The Morgan fingerprint density at radius 2 is 1.71 bits per heavy atom. The van der Waals surface area contributed by atoms with Gasteiger partial charge < -0.3 is 4.90 Å². The molecule has 0 N–H and O–H groups in total. The Hall–Kier alpha value is -1.64. The van der Waals surface area contributed by atoms with Crippen LogP contribution in [0, 0.1) is 0 Å². The number of hydrogen-bond donors (Lipinski definition) is 0. The molecular weight excluding hydrogens is 214 g/mol. The van der Waals surface area contributed by atoms with E-state index in [0.29, 0.717) is 5.56 Å². The maximum atomic E-state index is 12.0. The lowest BCUT2D eigenvalue weighted by atomic mass is 9.95. The van der Waals surface area contributed by atoms with Crippen molar-refractivity contribution in [2.75, 3.05) is 4.90 Å². The van der Waals surface area contributed by atoms with E-state index >= 15 is 0 Å². The summed E-state index contributed by atoms with van der Waals surface area (Å²) in [4.78, 5) is 25.6. The molecule has 0 radical (unpaired) electrons. The van der Waals surface area contributed by atoms with E-state index in [1.54, 1.807) is 4.90 Å². The number of amides is 1. The highest BCUT2D eigenvalue weighted by molar-refractivity contribution is 6.52. The van der Waals surface area contributed by atoms with Crippen LogP contribution in [0.1, 0.15) is 49.5 Å². The lowest BCUT2D eigenvalue weighted by Gasteiger charge is -2.21. The summed E-state index contributed by atoms with van der Waals surface area (Å²) in [5.74, 6) is -0.519. The van der Waals surface area contributed by atoms with Crippen molar-refractivity contribution in [3.8, 4) is 0 Å². The van der Waals surface area contributed by atoms with Gasteiger partial charge in [-0.15, -0.1) is 0 Å². The standard InChI is InChI=1S/C14H17NO2/c1-8(2)10-6-5-7-11-12(10)13(16)14(17)15(11)9(3)4/h5-9H,1-4H3. The number of Topliss-reactive ketones (excluding diaryl/α,β-unsaturated/α-hetero) is 1. The van der Waals surface area contributed by atoms with Gasteiger partial charge in [-0.2, -0.15) is 0 Å². The molecule has 0 bridgehead atoms. The van der Waals surface area contributed by atoms with Gasteiger partial charge >= 0.3 is 0 Å². The number of rotatable bonds is 2. The summed E-state index contributed by atoms with van der Waals surface area (Å²) in [5, 5.41) is 0. The second kappa shape index (κ2) is 3.99. The lowest BCUT2D eigenvalue weighted by molar-refractivity contribution is -0.114. The van der Waals surface area contributed by atoms with Gasteiger partial charge in [-0.1, -0.05) is 26.0 Å². The molecule has 0 saturated heterocycles. The fraction of sp³-hybridized carbons (Fsp3) is 0.429. The van der Waals surface area contributed by atoms with Crippen LogP contribution in [0.15, 0.2) is 18.2 Å². The van der Waals surface area contributed by atoms with Crippen LogP contribution in [-0.2, 0) is 4.79 Å². The van der Waals surface area contributed by atoms with Crippen molar-refractivity contribution >= 4 is 17.4 Å². The Labute approximate surface area is 101 Å². The smallest absolute Gasteiger partial charge is 0.299 e. The largest absolute Gasteiger partial charge is 0.302 e. The molecule has 0 aromatic heterocycles. The van der Waals surface area contributed by atoms with Crippen LogP contribution >= 0.6 is 0 Å². The molecule has 1 amide bonds.